The Morgan fingerprint density at radius 2 is 0.600 bits per heavy atom. The van der Waals surface area contributed by atoms with E-state index in [2.05, 4.69) is 146 Å². The summed E-state index contributed by atoms with van der Waals surface area (Å²) < 4.78 is 72.4. The monoisotopic (exact) mass is 1010 g/mol. The van der Waals surface area contributed by atoms with Gasteiger partial charge in [-0.1, -0.05) is 108 Å². The molecule has 0 spiro atoms. The van der Waals surface area contributed by atoms with Crippen LogP contribution in [0.2, 0.25) is 0 Å². The molecule has 0 atom stereocenters. The lowest BCUT2D eigenvalue weighted by Gasteiger charge is -2.32. The van der Waals surface area contributed by atoms with E-state index >= 15 is 0 Å². The van der Waals surface area contributed by atoms with Crippen LogP contribution in [0.15, 0.2) is 228 Å². The summed E-state index contributed by atoms with van der Waals surface area (Å²) in [6.07, 6.45) is 1.74. The number of rotatable bonds is 13. The predicted molar refractivity (Wildman–Crippen MR) is 281 cm³/mol. The van der Waals surface area contributed by atoms with E-state index in [1.165, 1.54) is 70.3 Å². The van der Waals surface area contributed by atoms with Crippen molar-refractivity contribution in [3.05, 3.63) is 241 Å². The van der Waals surface area contributed by atoms with Crippen molar-refractivity contribution in [1.82, 2.24) is 0 Å². The van der Waals surface area contributed by atoms with Gasteiger partial charge in [-0.2, -0.15) is 0 Å². The van der Waals surface area contributed by atoms with Gasteiger partial charge in [-0.05, 0) is 135 Å². The lowest BCUT2D eigenvalue weighted by molar-refractivity contribution is 0.0592. The van der Waals surface area contributed by atoms with Gasteiger partial charge >= 0.3 is 11.9 Å². The summed E-state index contributed by atoms with van der Waals surface area (Å²) in [7, 11) is -10.3. The Kier molecular flexibility index (Phi) is 17.9. The summed E-state index contributed by atoms with van der Waals surface area (Å²) in [6, 6.07) is 70.9. The van der Waals surface area contributed by atoms with Crippen LogP contribution >= 0.6 is 14.5 Å². The van der Waals surface area contributed by atoms with E-state index in [1.807, 2.05) is 38.1 Å². The molecule has 0 saturated carbocycles. The standard InChI is InChI=1S/C42H38O4P2.2C7H8O3S/c1-45-41(43)33-23-27-39(28-24-33)47(35-15-7-3-8-16-35,36-17-9-4-10-18-36)31-32-48(37-19-11-5-12-20-37,38-21-13-6-14-22-38)40-29-25-34(26-30-40)42(44)46-2;2*1-6-2-4-7(5-3-6)11(8,9)10/h3-30H,31-32H2,1-2H3;2*2-5H,1H3,(H,8,9,10)/q+2;;/p-2. The van der Waals surface area contributed by atoms with Gasteiger partial charge in [0, 0.05) is 0 Å². The normalized spacial score (nSPS) is 11.5. The van der Waals surface area contributed by atoms with Crippen molar-refractivity contribution in [1.29, 1.82) is 0 Å². The van der Waals surface area contributed by atoms with Crippen molar-refractivity contribution in [3.63, 3.8) is 0 Å². The number of ether oxygens (including phenoxy) is 2. The predicted octanol–water partition coefficient (Wildman–Crippen LogP) is 8.35. The van der Waals surface area contributed by atoms with Gasteiger partial charge in [0.2, 0.25) is 0 Å². The van der Waals surface area contributed by atoms with E-state index in [9.17, 15) is 35.5 Å². The molecule has 0 aliphatic carbocycles. The molecule has 0 N–H and O–H groups in total. The molecule has 0 heterocycles. The molecular formula is C56H52O10P2S2. The first-order chi connectivity index (χ1) is 33.5. The number of hydrogen-bond acceptors (Lipinski definition) is 10. The van der Waals surface area contributed by atoms with Crippen LogP contribution in [0.5, 0.6) is 0 Å². The second-order valence-electron chi connectivity index (χ2n) is 16.0. The van der Waals surface area contributed by atoms with Gasteiger partial charge < -0.3 is 18.6 Å². The Morgan fingerprint density at radius 3 is 0.814 bits per heavy atom. The lowest BCUT2D eigenvalue weighted by Crippen LogP contribution is -2.39. The molecule has 0 saturated heterocycles. The van der Waals surface area contributed by atoms with Gasteiger partial charge in [-0.15, -0.1) is 0 Å². The molecule has 8 rings (SSSR count). The van der Waals surface area contributed by atoms with E-state index in [1.54, 1.807) is 24.3 Å². The van der Waals surface area contributed by atoms with Crippen LogP contribution in [-0.4, -0.2) is 64.4 Å². The highest BCUT2D eigenvalue weighted by Gasteiger charge is 2.53. The summed E-state index contributed by atoms with van der Waals surface area (Å²) in [5.41, 5.74) is 2.91. The van der Waals surface area contributed by atoms with E-state index in [4.69, 9.17) is 9.47 Å². The van der Waals surface area contributed by atoms with E-state index in [0.29, 0.717) is 11.1 Å². The van der Waals surface area contributed by atoms with E-state index < -0.39 is 34.8 Å². The summed E-state index contributed by atoms with van der Waals surface area (Å²) in [6.45, 7) is 3.64. The summed E-state index contributed by atoms with van der Waals surface area (Å²) in [5, 5.41) is 7.52. The molecule has 14 heteroatoms. The van der Waals surface area contributed by atoms with E-state index in [-0.39, 0.29) is 21.7 Å². The van der Waals surface area contributed by atoms with Crippen molar-refractivity contribution in [3.8, 4) is 0 Å². The third-order valence-electron chi connectivity index (χ3n) is 11.6. The third kappa shape index (κ3) is 12.8. The molecule has 8 aromatic rings. The van der Waals surface area contributed by atoms with Crippen molar-refractivity contribution in [2.45, 2.75) is 23.6 Å². The molecular weight excluding hydrogens is 959 g/mol. The minimum Gasteiger partial charge on any atom is -0.744 e. The number of esters is 2. The van der Waals surface area contributed by atoms with Gasteiger partial charge in [-0.25, -0.2) is 26.4 Å². The molecule has 0 fully saturated rings. The highest BCUT2D eigenvalue weighted by Crippen LogP contribution is 2.62. The van der Waals surface area contributed by atoms with Crippen LogP contribution in [0.3, 0.4) is 0 Å². The Hall–Kier alpha value is -6.62. The fourth-order valence-corrected chi connectivity index (χ4v) is 18.8. The minimum atomic E-state index is -4.27. The average Bonchev–Trinajstić information content (AvgIpc) is 3.39. The van der Waals surface area contributed by atoms with Crippen molar-refractivity contribution in [2.75, 3.05) is 26.5 Å². The number of carbonyl (C=O) groups is 2. The first kappa shape index (κ1) is 52.7. The van der Waals surface area contributed by atoms with Crippen LogP contribution in [0.4, 0.5) is 0 Å². The number of benzene rings is 8. The SMILES string of the molecule is COC(=O)c1ccc([P+](CC[P+](c2ccccc2)(c2ccccc2)c2ccc(C(=O)OC)cc2)(c2ccccc2)c2ccccc2)cc1.Cc1ccc(S(=O)(=O)[O-])cc1.Cc1ccc(S(=O)(=O)[O-])cc1. The van der Waals surface area contributed by atoms with Crippen LogP contribution in [-0.2, 0) is 29.7 Å². The number of aryl methyl sites for hydroxylation is 2. The maximum absolute atomic E-state index is 12.5. The van der Waals surface area contributed by atoms with E-state index in [0.717, 1.165) is 23.5 Å². The molecule has 0 unspecified atom stereocenters. The molecule has 358 valence electrons. The number of methoxy groups -OCH3 is 2. The van der Waals surface area contributed by atoms with Crippen molar-refractivity contribution < 1.29 is 45.0 Å². The molecule has 8 aromatic carbocycles. The topological polar surface area (TPSA) is 167 Å². The Balaban J connectivity index is 0.000000298. The number of carbonyl (C=O) groups excluding carboxylic acids is 2. The summed E-state index contributed by atoms with van der Waals surface area (Å²) in [5.74, 6) is -0.697. The Morgan fingerprint density at radius 1 is 0.371 bits per heavy atom. The summed E-state index contributed by atoms with van der Waals surface area (Å²) >= 11 is 0. The van der Waals surface area contributed by atoms with Gasteiger partial charge in [0.15, 0.2) is 0 Å². The molecule has 70 heavy (non-hydrogen) atoms. The van der Waals surface area contributed by atoms with Crippen LogP contribution in [0, 0.1) is 13.8 Å². The largest absolute Gasteiger partial charge is 0.744 e. The maximum Gasteiger partial charge on any atom is 0.337 e. The third-order valence-corrected chi connectivity index (χ3v) is 22.6. The fourth-order valence-electron chi connectivity index (χ4n) is 8.05. The smallest absolute Gasteiger partial charge is 0.337 e. The first-order valence-corrected chi connectivity index (χ1v) is 28.7. The molecule has 0 amide bonds. The molecule has 0 aromatic heterocycles. The van der Waals surface area contributed by atoms with Crippen molar-refractivity contribution >= 4 is 78.5 Å². The van der Waals surface area contributed by atoms with Gasteiger partial charge in [-0.3, -0.25) is 0 Å². The highest BCUT2D eigenvalue weighted by atomic mass is 32.2. The van der Waals surface area contributed by atoms with Gasteiger partial charge in [0.1, 0.15) is 78.9 Å². The van der Waals surface area contributed by atoms with Crippen molar-refractivity contribution in [2.24, 2.45) is 0 Å². The summed E-state index contributed by atoms with van der Waals surface area (Å²) in [4.78, 5) is 24.6. The highest BCUT2D eigenvalue weighted by molar-refractivity contribution is 7.99. The lowest BCUT2D eigenvalue weighted by atomic mass is 10.2. The zero-order chi connectivity index (χ0) is 50.4. The molecule has 0 aliphatic heterocycles. The van der Waals surface area contributed by atoms with Crippen LogP contribution < -0.4 is 31.8 Å². The molecule has 10 nitrogen and oxygen atoms in total. The number of hydrogen-bond donors (Lipinski definition) is 0. The Bertz CT molecular complexity index is 2880. The second kappa shape index (κ2) is 23.8. The second-order valence-corrected chi connectivity index (χ2v) is 26.0. The van der Waals surface area contributed by atoms with Crippen LogP contribution in [0.1, 0.15) is 31.8 Å². The zero-order valence-corrected chi connectivity index (χ0v) is 42.4. The minimum absolute atomic E-state index is 0.178. The molecule has 0 radical (unpaired) electrons. The Labute approximate surface area is 412 Å². The van der Waals surface area contributed by atoms with Gasteiger partial charge in [0.25, 0.3) is 0 Å². The maximum atomic E-state index is 12.5. The van der Waals surface area contributed by atoms with Crippen LogP contribution in [0.25, 0.3) is 0 Å². The first-order valence-electron chi connectivity index (χ1n) is 21.9. The quantitative estimate of drug-likeness (QED) is 0.0622. The van der Waals surface area contributed by atoms with Gasteiger partial charge in [0.05, 0.1) is 35.1 Å². The molecule has 0 bridgehead atoms. The average molecular weight is 1010 g/mol. The fraction of sp³-hybridized carbons (Fsp3) is 0.107. The molecule has 0 aliphatic rings. The zero-order valence-electron chi connectivity index (χ0n) is 39.0.